The van der Waals surface area contributed by atoms with Crippen LogP contribution in [0.25, 0.3) is 10.9 Å². The summed E-state index contributed by atoms with van der Waals surface area (Å²) >= 11 is 1.48. The Morgan fingerprint density at radius 3 is 2.64 bits per heavy atom. The zero-order chi connectivity index (χ0) is 17.8. The first kappa shape index (κ1) is 17.6. The highest BCUT2D eigenvalue weighted by Crippen LogP contribution is 2.33. The fraction of sp³-hybridized carbons (Fsp3) is 0.263. The first-order valence-corrected chi connectivity index (χ1v) is 8.88. The Morgan fingerprint density at radius 2 is 1.92 bits per heavy atom. The molecule has 0 aliphatic rings. The van der Waals surface area contributed by atoms with Gasteiger partial charge in [0.25, 0.3) is 5.56 Å². The van der Waals surface area contributed by atoms with E-state index in [1.54, 1.807) is 29.9 Å². The first-order chi connectivity index (χ1) is 12.1. The van der Waals surface area contributed by atoms with Crippen molar-refractivity contribution in [3.05, 3.63) is 70.3 Å². The Hall–Kier alpha value is -2.18. The molecular formula is C19H19FN2O2S. The predicted molar refractivity (Wildman–Crippen MR) is 98.6 cm³/mol. The van der Waals surface area contributed by atoms with E-state index >= 15 is 0 Å². The molecule has 130 valence electrons. The summed E-state index contributed by atoms with van der Waals surface area (Å²) in [6.07, 6.45) is 0. The molecule has 3 aromatic rings. The quantitative estimate of drug-likeness (QED) is 0.493. The molecule has 4 nitrogen and oxygen atoms in total. The fourth-order valence-electron chi connectivity index (χ4n) is 2.58. The minimum atomic E-state index is -0.262. The highest BCUT2D eigenvalue weighted by molar-refractivity contribution is 7.99. The average molecular weight is 358 g/mol. The normalized spacial score (nSPS) is 12.4. The third kappa shape index (κ3) is 3.91. The van der Waals surface area contributed by atoms with Crippen LogP contribution in [0.15, 0.2) is 58.5 Å². The highest BCUT2D eigenvalue weighted by atomic mass is 32.2. The predicted octanol–water partition coefficient (Wildman–Crippen LogP) is 4.04. The fourth-order valence-corrected chi connectivity index (χ4v) is 3.64. The van der Waals surface area contributed by atoms with Crippen molar-refractivity contribution in [3.63, 3.8) is 0 Å². The van der Waals surface area contributed by atoms with E-state index in [2.05, 4.69) is 4.98 Å². The largest absolute Gasteiger partial charge is 0.383 e. The number of hydrogen-bond acceptors (Lipinski definition) is 4. The van der Waals surface area contributed by atoms with Crippen LogP contribution >= 0.6 is 11.8 Å². The van der Waals surface area contributed by atoms with E-state index in [1.165, 1.54) is 23.9 Å². The lowest BCUT2D eigenvalue weighted by atomic mass is 10.2. The molecule has 0 unspecified atom stereocenters. The van der Waals surface area contributed by atoms with E-state index in [0.29, 0.717) is 29.2 Å². The molecule has 0 amide bonds. The van der Waals surface area contributed by atoms with Crippen molar-refractivity contribution in [1.82, 2.24) is 9.55 Å². The summed E-state index contributed by atoms with van der Waals surface area (Å²) < 4.78 is 19.9. The van der Waals surface area contributed by atoms with Crippen molar-refractivity contribution in [2.45, 2.75) is 23.9 Å². The molecule has 2 aromatic carbocycles. The van der Waals surface area contributed by atoms with Crippen LogP contribution in [-0.4, -0.2) is 23.3 Å². The van der Waals surface area contributed by atoms with Gasteiger partial charge in [-0.15, -0.1) is 0 Å². The van der Waals surface area contributed by atoms with Gasteiger partial charge in [-0.3, -0.25) is 9.36 Å². The van der Waals surface area contributed by atoms with Gasteiger partial charge in [0, 0.05) is 12.4 Å². The number of thioether (sulfide) groups is 1. The molecular weight excluding hydrogens is 339 g/mol. The molecule has 0 bridgehead atoms. The van der Waals surface area contributed by atoms with Crippen LogP contribution in [0.3, 0.4) is 0 Å². The van der Waals surface area contributed by atoms with Crippen molar-refractivity contribution in [2.24, 2.45) is 0 Å². The van der Waals surface area contributed by atoms with Crippen LogP contribution in [0, 0.1) is 5.82 Å². The zero-order valence-electron chi connectivity index (χ0n) is 14.1. The van der Waals surface area contributed by atoms with Gasteiger partial charge in [0.1, 0.15) is 5.82 Å². The third-order valence-electron chi connectivity index (χ3n) is 3.97. The van der Waals surface area contributed by atoms with Gasteiger partial charge in [0.2, 0.25) is 0 Å². The summed E-state index contributed by atoms with van der Waals surface area (Å²) in [4.78, 5) is 17.5. The minimum Gasteiger partial charge on any atom is -0.383 e. The number of fused-ring (bicyclic) bond motifs is 1. The Bertz CT molecular complexity index is 925. The number of methoxy groups -OCH3 is 1. The number of benzene rings is 2. The number of para-hydroxylation sites is 1. The molecule has 1 atom stereocenters. The Morgan fingerprint density at radius 1 is 1.20 bits per heavy atom. The summed E-state index contributed by atoms with van der Waals surface area (Å²) in [5, 5.41) is 1.26. The molecule has 0 spiro atoms. The van der Waals surface area contributed by atoms with Gasteiger partial charge in [-0.05, 0) is 36.8 Å². The highest BCUT2D eigenvalue weighted by Gasteiger charge is 2.15. The molecule has 0 fully saturated rings. The summed E-state index contributed by atoms with van der Waals surface area (Å²) in [7, 11) is 1.60. The number of ether oxygens (including phenoxy) is 1. The summed E-state index contributed by atoms with van der Waals surface area (Å²) in [6, 6.07) is 13.7. The zero-order valence-corrected chi connectivity index (χ0v) is 14.9. The summed E-state index contributed by atoms with van der Waals surface area (Å²) in [6.45, 7) is 2.88. The van der Waals surface area contributed by atoms with E-state index in [1.807, 2.05) is 25.1 Å². The molecule has 0 saturated heterocycles. The van der Waals surface area contributed by atoms with Gasteiger partial charge in [0.05, 0.1) is 24.1 Å². The maximum absolute atomic E-state index is 13.1. The average Bonchev–Trinajstić information content (AvgIpc) is 2.62. The second kappa shape index (κ2) is 7.80. The Labute approximate surface area is 149 Å². The third-order valence-corrected chi connectivity index (χ3v) is 5.12. The Balaban J connectivity index is 2.01. The van der Waals surface area contributed by atoms with Crippen LogP contribution in [0.4, 0.5) is 4.39 Å². The molecule has 0 saturated carbocycles. The smallest absolute Gasteiger partial charge is 0.262 e. The molecule has 25 heavy (non-hydrogen) atoms. The second-order valence-electron chi connectivity index (χ2n) is 5.67. The molecule has 3 rings (SSSR count). The summed E-state index contributed by atoms with van der Waals surface area (Å²) in [5.74, 6) is -0.262. The second-order valence-corrected chi connectivity index (χ2v) is 6.98. The lowest BCUT2D eigenvalue weighted by Crippen LogP contribution is -2.25. The van der Waals surface area contributed by atoms with Crippen LogP contribution < -0.4 is 5.56 Å². The molecule has 1 heterocycles. The van der Waals surface area contributed by atoms with Crippen molar-refractivity contribution in [2.75, 3.05) is 13.7 Å². The van der Waals surface area contributed by atoms with E-state index < -0.39 is 0 Å². The van der Waals surface area contributed by atoms with E-state index in [9.17, 15) is 9.18 Å². The number of hydrogen-bond donors (Lipinski definition) is 0. The molecule has 0 aliphatic heterocycles. The number of rotatable bonds is 6. The number of nitrogens with zero attached hydrogens (tertiary/aromatic N) is 2. The van der Waals surface area contributed by atoms with Crippen molar-refractivity contribution in [3.8, 4) is 0 Å². The van der Waals surface area contributed by atoms with Crippen molar-refractivity contribution < 1.29 is 9.13 Å². The summed E-state index contributed by atoms with van der Waals surface area (Å²) in [5.41, 5.74) is 1.58. The van der Waals surface area contributed by atoms with Crippen LogP contribution in [0.2, 0.25) is 0 Å². The van der Waals surface area contributed by atoms with Gasteiger partial charge in [-0.1, -0.05) is 36.0 Å². The van der Waals surface area contributed by atoms with E-state index in [4.69, 9.17) is 4.74 Å². The maximum atomic E-state index is 13.1. The standard InChI is InChI=1S/C19H19FN2O2S/c1-13(14-7-9-15(20)10-8-14)25-19-21-17-6-4-3-5-16(17)18(23)22(19)11-12-24-2/h3-10,13H,11-12H2,1-2H3/t13-/m1/s1. The SMILES string of the molecule is COCCn1c(S[C@H](C)c2ccc(F)cc2)nc2ccccc2c1=O. The van der Waals surface area contributed by atoms with Gasteiger partial charge in [0.15, 0.2) is 5.16 Å². The lowest BCUT2D eigenvalue weighted by Gasteiger charge is -2.16. The monoisotopic (exact) mass is 358 g/mol. The first-order valence-electron chi connectivity index (χ1n) is 8.01. The lowest BCUT2D eigenvalue weighted by molar-refractivity contribution is 0.183. The van der Waals surface area contributed by atoms with Crippen LogP contribution in [-0.2, 0) is 11.3 Å². The van der Waals surface area contributed by atoms with Gasteiger partial charge in [-0.25, -0.2) is 9.37 Å². The van der Waals surface area contributed by atoms with Gasteiger partial charge in [-0.2, -0.15) is 0 Å². The van der Waals surface area contributed by atoms with E-state index in [0.717, 1.165) is 5.56 Å². The molecule has 1 aromatic heterocycles. The maximum Gasteiger partial charge on any atom is 0.262 e. The van der Waals surface area contributed by atoms with Crippen LogP contribution in [0.5, 0.6) is 0 Å². The molecule has 0 N–H and O–H groups in total. The van der Waals surface area contributed by atoms with Gasteiger partial charge >= 0.3 is 0 Å². The number of halogens is 1. The topological polar surface area (TPSA) is 44.1 Å². The Kier molecular flexibility index (Phi) is 5.50. The van der Waals surface area contributed by atoms with Crippen LogP contribution in [0.1, 0.15) is 17.7 Å². The molecule has 0 aliphatic carbocycles. The number of aromatic nitrogens is 2. The van der Waals surface area contributed by atoms with E-state index in [-0.39, 0.29) is 16.6 Å². The molecule has 6 heteroatoms. The van der Waals surface area contributed by atoms with Crippen molar-refractivity contribution >= 4 is 22.7 Å². The molecule has 0 radical (unpaired) electrons. The minimum absolute atomic E-state index is 0.0301. The van der Waals surface area contributed by atoms with Gasteiger partial charge < -0.3 is 4.74 Å². The van der Waals surface area contributed by atoms with Crippen molar-refractivity contribution in [1.29, 1.82) is 0 Å².